The lowest BCUT2D eigenvalue weighted by Crippen LogP contribution is -2.49. The Kier molecular flexibility index (Phi) is 15.3. The van der Waals surface area contributed by atoms with Crippen molar-refractivity contribution in [3.8, 4) is 11.5 Å². The van der Waals surface area contributed by atoms with Gasteiger partial charge in [-0.3, -0.25) is 24.0 Å². The molecule has 0 radical (unpaired) electrons. The minimum Gasteiger partial charge on any atom is -0.490 e. The van der Waals surface area contributed by atoms with Crippen molar-refractivity contribution in [3.05, 3.63) is 18.2 Å². The number of nitrogens with two attached hydrogens (primary N) is 1. The largest absolute Gasteiger partial charge is 0.490 e. The molecule has 1 aromatic rings. The molecular weight excluding hydrogens is 536 g/mol. The smallest absolute Gasteiger partial charge is 0.322 e. The Morgan fingerprint density at radius 2 is 1.79 bits per heavy atom. The number of carbonyl (C=O) groups is 5. The summed E-state index contributed by atoms with van der Waals surface area (Å²) in [6, 6.07) is 2.62. The van der Waals surface area contributed by atoms with E-state index in [4.69, 9.17) is 25.4 Å². The fourth-order valence-electron chi connectivity index (χ4n) is 2.96. The fourth-order valence-corrected chi connectivity index (χ4v) is 3.93. The van der Waals surface area contributed by atoms with E-state index < -0.39 is 48.5 Å². The number of thioether (sulfide) groups is 1. The van der Waals surface area contributed by atoms with Crippen LogP contribution in [0.1, 0.15) is 33.1 Å². The number of hydrogen-bond donors (Lipinski definition) is 7. The minimum atomic E-state index is -1.27. The van der Waals surface area contributed by atoms with Gasteiger partial charge >= 0.3 is 11.9 Å². The number of nitrogens with one attached hydrogen (secondary N) is 3. The summed E-state index contributed by atoms with van der Waals surface area (Å²) in [4.78, 5) is 58.8. The standard InChI is InChI=1S/C24H36N4O10S/c1-3-37-18-6-4-5-16(22(18)38-12-14(2)29)27-20(31)9-10-39-13-17(23(34)26-11-21(32)33)28-19(30)8-7-15(25)24(35)36/h4-6,14-15,17,29H,3,7-13,25H2,1-2H3,(H,26,34)(H,27,31)(H,28,30)(H,32,33)(H,35,36). The van der Waals surface area contributed by atoms with Gasteiger partial charge in [-0.05, 0) is 32.4 Å². The van der Waals surface area contributed by atoms with Crippen LogP contribution in [0, 0.1) is 0 Å². The predicted molar refractivity (Wildman–Crippen MR) is 143 cm³/mol. The molecule has 0 spiro atoms. The summed E-state index contributed by atoms with van der Waals surface area (Å²) in [6.45, 7) is 3.05. The SMILES string of the molecule is CCOc1cccc(NC(=O)CCSCC(NC(=O)CCC(N)C(=O)O)C(=O)NCC(=O)O)c1OCC(C)O. The number of benzene rings is 1. The number of amides is 3. The van der Waals surface area contributed by atoms with Gasteiger partial charge in [0.15, 0.2) is 11.5 Å². The van der Waals surface area contributed by atoms with Crippen LogP contribution in [0.3, 0.4) is 0 Å². The summed E-state index contributed by atoms with van der Waals surface area (Å²) < 4.78 is 11.2. The monoisotopic (exact) mass is 572 g/mol. The molecule has 15 heteroatoms. The molecule has 3 atom stereocenters. The molecule has 0 heterocycles. The van der Waals surface area contributed by atoms with Gasteiger partial charge in [0.1, 0.15) is 25.2 Å². The van der Waals surface area contributed by atoms with Gasteiger partial charge in [-0.2, -0.15) is 11.8 Å². The first-order chi connectivity index (χ1) is 18.4. The summed E-state index contributed by atoms with van der Waals surface area (Å²) in [6.07, 6.45) is -1.10. The predicted octanol–water partition coefficient (Wildman–Crippen LogP) is -0.216. The highest BCUT2D eigenvalue weighted by atomic mass is 32.2. The number of carboxylic acid groups (broad SMARTS) is 2. The minimum absolute atomic E-state index is 0.0118. The van der Waals surface area contributed by atoms with Crippen LogP contribution in [-0.2, 0) is 24.0 Å². The Balaban J connectivity index is 2.71. The van der Waals surface area contributed by atoms with E-state index in [0.29, 0.717) is 18.0 Å². The van der Waals surface area contributed by atoms with E-state index in [0.717, 1.165) is 0 Å². The zero-order valence-corrected chi connectivity index (χ0v) is 22.6. The molecule has 39 heavy (non-hydrogen) atoms. The zero-order chi connectivity index (χ0) is 29.4. The molecule has 0 aromatic heterocycles. The first kappa shape index (κ1) is 33.5. The molecule has 3 amide bonds. The van der Waals surface area contributed by atoms with Gasteiger partial charge in [-0.15, -0.1) is 0 Å². The van der Waals surface area contributed by atoms with Gasteiger partial charge in [0.05, 0.1) is 18.4 Å². The second kappa shape index (κ2) is 17.9. The van der Waals surface area contributed by atoms with E-state index >= 15 is 0 Å². The number of para-hydroxylation sites is 1. The van der Waals surface area contributed by atoms with E-state index in [2.05, 4.69) is 16.0 Å². The maximum Gasteiger partial charge on any atom is 0.322 e. The maximum absolute atomic E-state index is 12.6. The van der Waals surface area contributed by atoms with Crippen LogP contribution in [0.4, 0.5) is 5.69 Å². The molecule has 1 rings (SSSR count). The van der Waals surface area contributed by atoms with E-state index in [1.807, 2.05) is 0 Å². The molecule has 1 aromatic carbocycles. The number of aliphatic hydroxyl groups excluding tert-OH is 1. The average Bonchev–Trinajstić information content (AvgIpc) is 2.87. The van der Waals surface area contributed by atoms with Crippen LogP contribution in [-0.4, -0.2) is 94.4 Å². The lowest BCUT2D eigenvalue weighted by molar-refractivity contribution is -0.139. The summed E-state index contributed by atoms with van der Waals surface area (Å²) in [7, 11) is 0. The number of aliphatic hydroxyl groups is 1. The van der Waals surface area contributed by atoms with Gasteiger partial charge in [-0.25, -0.2) is 0 Å². The van der Waals surface area contributed by atoms with Gasteiger partial charge in [0, 0.05) is 24.3 Å². The van der Waals surface area contributed by atoms with Crippen molar-refractivity contribution in [1.29, 1.82) is 0 Å². The van der Waals surface area contributed by atoms with E-state index in [9.17, 15) is 29.1 Å². The van der Waals surface area contributed by atoms with Gasteiger partial charge in [0.2, 0.25) is 17.7 Å². The van der Waals surface area contributed by atoms with Crippen LogP contribution >= 0.6 is 11.8 Å². The Morgan fingerprint density at radius 1 is 1.08 bits per heavy atom. The van der Waals surface area contributed by atoms with Gasteiger partial charge in [0.25, 0.3) is 0 Å². The number of anilines is 1. The summed E-state index contributed by atoms with van der Waals surface area (Å²) in [5.41, 5.74) is 5.74. The normalized spacial score (nSPS) is 12.9. The molecule has 0 saturated heterocycles. The highest BCUT2D eigenvalue weighted by molar-refractivity contribution is 7.99. The summed E-state index contributed by atoms with van der Waals surface area (Å²) in [5.74, 6) is -3.30. The molecular formula is C24H36N4O10S. The van der Waals surface area contributed by atoms with Crippen molar-refractivity contribution in [2.75, 3.05) is 36.6 Å². The number of aliphatic carboxylic acids is 2. The maximum atomic E-state index is 12.6. The summed E-state index contributed by atoms with van der Waals surface area (Å²) in [5, 5.41) is 34.6. The van der Waals surface area contributed by atoms with Crippen molar-refractivity contribution in [1.82, 2.24) is 10.6 Å². The third kappa shape index (κ3) is 13.7. The molecule has 0 aliphatic carbocycles. The second-order valence-corrected chi connectivity index (χ2v) is 9.46. The van der Waals surface area contributed by atoms with Crippen molar-refractivity contribution in [2.45, 2.75) is 51.3 Å². The number of hydrogen-bond acceptors (Lipinski definition) is 10. The quantitative estimate of drug-likeness (QED) is 0.107. The van der Waals surface area contributed by atoms with E-state index in [1.165, 1.54) is 11.8 Å². The molecule has 3 unspecified atom stereocenters. The van der Waals surface area contributed by atoms with Gasteiger partial charge in [-0.1, -0.05) is 6.07 Å². The zero-order valence-electron chi connectivity index (χ0n) is 21.8. The highest BCUT2D eigenvalue weighted by Gasteiger charge is 2.23. The van der Waals surface area contributed by atoms with Crippen LogP contribution in [0.2, 0.25) is 0 Å². The Morgan fingerprint density at radius 3 is 2.41 bits per heavy atom. The van der Waals surface area contributed by atoms with Crippen molar-refractivity contribution >= 4 is 47.1 Å². The Labute approximate surface area is 230 Å². The topological polar surface area (TPSA) is 227 Å². The third-order valence-electron chi connectivity index (χ3n) is 4.84. The number of rotatable bonds is 19. The second-order valence-electron chi connectivity index (χ2n) is 8.31. The highest BCUT2D eigenvalue weighted by Crippen LogP contribution is 2.35. The van der Waals surface area contributed by atoms with Gasteiger partial charge < -0.3 is 46.5 Å². The van der Waals surface area contributed by atoms with Crippen molar-refractivity contribution in [3.63, 3.8) is 0 Å². The Bertz CT molecular complexity index is 992. The lowest BCUT2D eigenvalue weighted by atomic mass is 10.1. The van der Waals surface area contributed by atoms with Crippen LogP contribution in [0.5, 0.6) is 11.5 Å². The molecule has 0 aliphatic rings. The number of carbonyl (C=O) groups excluding carboxylic acids is 3. The van der Waals surface area contributed by atoms with Crippen LogP contribution in [0.15, 0.2) is 18.2 Å². The first-order valence-electron chi connectivity index (χ1n) is 12.2. The molecule has 0 bridgehead atoms. The number of ether oxygens (including phenoxy) is 2. The molecule has 8 N–H and O–H groups in total. The third-order valence-corrected chi connectivity index (χ3v) is 5.91. The van der Waals surface area contributed by atoms with Crippen molar-refractivity contribution in [2.24, 2.45) is 5.73 Å². The molecule has 0 saturated carbocycles. The van der Waals surface area contributed by atoms with Crippen LogP contribution in [0.25, 0.3) is 0 Å². The molecule has 218 valence electrons. The lowest BCUT2D eigenvalue weighted by Gasteiger charge is -2.18. The van der Waals surface area contributed by atoms with Crippen LogP contribution < -0.4 is 31.2 Å². The van der Waals surface area contributed by atoms with E-state index in [-0.39, 0.29) is 49.0 Å². The summed E-state index contributed by atoms with van der Waals surface area (Å²) >= 11 is 1.17. The van der Waals surface area contributed by atoms with Crippen molar-refractivity contribution < 1.29 is 48.8 Å². The Hall–Kier alpha value is -3.56. The molecule has 0 aliphatic heterocycles. The van der Waals surface area contributed by atoms with E-state index in [1.54, 1.807) is 32.0 Å². The first-order valence-corrected chi connectivity index (χ1v) is 13.3. The average molecular weight is 573 g/mol. The number of carboxylic acids is 2. The molecule has 0 fully saturated rings. The fraction of sp³-hybridized carbons (Fsp3) is 0.542. The molecule has 14 nitrogen and oxygen atoms in total.